The van der Waals surface area contributed by atoms with Crippen LogP contribution in [-0.2, 0) is 4.74 Å². The van der Waals surface area contributed by atoms with Crippen LogP contribution in [0, 0.1) is 6.92 Å². The van der Waals surface area contributed by atoms with Gasteiger partial charge in [0.1, 0.15) is 4.88 Å². The van der Waals surface area contributed by atoms with Crippen LogP contribution in [0.25, 0.3) is 10.8 Å². The maximum Gasteiger partial charge on any atom is 0.348 e. The molecular weight excluding hydrogens is 322 g/mol. The number of amides is 1. The number of carbonyl (C=O) groups excluding carboxylic acids is 2. The van der Waals surface area contributed by atoms with Crippen LogP contribution < -0.4 is 5.32 Å². The van der Waals surface area contributed by atoms with Crippen LogP contribution in [0.1, 0.15) is 32.5 Å². The molecule has 122 valence electrons. The van der Waals surface area contributed by atoms with Crippen molar-refractivity contribution in [3.05, 3.63) is 64.5 Å². The molecule has 3 aromatic rings. The summed E-state index contributed by atoms with van der Waals surface area (Å²) >= 11 is 1.23. The third-order valence-electron chi connectivity index (χ3n) is 3.63. The van der Waals surface area contributed by atoms with E-state index in [0.717, 1.165) is 16.3 Å². The second-order valence-corrected chi connectivity index (χ2v) is 6.41. The van der Waals surface area contributed by atoms with Crippen LogP contribution in [0.3, 0.4) is 0 Å². The van der Waals surface area contributed by atoms with Gasteiger partial charge >= 0.3 is 5.97 Å². The molecule has 0 aliphatic rings. The van der Waals surface area contributed by atoms with Crippen LogP contribution in [0.5, 0.6) is 0 Å². The highest BCUT2D eigenvalue weighted by Crippen LogP contribution is 2.28. The van der Waals surface area contributed by atoms with Crippen molar-refractivity contribution in [1.82, 2.24) is 0 Å². The van der Waals surface area contributed by atoms with Gasteiger partial charge in [-0.2, -0.15) is 0 Å². The van der Waals surface area contributed by atoms with E-state index in [4.69, 9.17) is 4.74 Å². The smallest absolute Gasteiger partial charge is 0.348 e. The number of esters is 1. The van der Waals surface area contributed by atoms with Crippen molar-refractivity contribution in [3.63, 3.8) is 0 Å². The predicted molar refractivity (Wildman–Crippen MR) is 96.9 cm³/mol. The van der Waals surface area contributed by atoms with Crippen molar-refractivity contribution in [2.45, 2.75) is 13.8 Å². The summed E-state index contributed by atoms with van der Waals surface area (Å²) in [6, 6.07) is 15.3. The maximum atomic E-state index is 12.5. The number of carbonyl (C=O) groups is 2. The molecule has 0 unspecified atom stereocenters. The molecule has 0 aliphatic heterocycles. The first-order valence-corrected chi connectivity index (χ1v) is 8.48. The van der Waals surface area contributed by atoms with E-state index >= 15 is 0 Å². The van der Waals surface area contributed by atoms with Gasteiger partial charge < -0.3 is 10.1 Å². The van der Waals surface area contributed by atoms with E-state index in [1.54, 1.807) is 19.1 Å². The lowest BCUT2D eigenvalue weighted by atomic mass is 10.1. The Kier molecular flexibility index (Phi) is 4.62. The Balaban J connectivity index is 1.81. The second kappa shape index (κ2) is 6.84. The van der Waals surface area contributed by atoms with E-state index in [9.17, 15) is 9.59 Å². The molecule has 0 bridgehead atoms. The van der Waals surface area contributed by atoms with Gasteiger partial charge in [-0.05, 0) is 48.4 Å². The Bertz CT molecular complexity index is 914. The average molecular weight is 339 g/mol. The third kappa shape index (κ3) is 3.31. The van der Waals surface area contributed by atoms with Crippen molar-refractivity contribution in [2.24, 2.45) is 0 Å². The SMILES string of the molecule is CCOC(=O)c1sc(NC(=O)c2ccc3ccccc3c2)cc1C. The fourth-order valence-corrected chi connectivity index (χ4v) is 3.42. The maximum absolute atomic E-state index is 12.5. The zero-order valence-corrected chi connectivity index (χ0v) is 14.3. The van der Waals surface area contributed by atoms with Crippen molar-refractivity contribution < 1.29 is 14.3 Å². The highest BCUT2D eigenvalue weighted by molar-refractivity contribution is 7.18. The summed E-state index contributed by atoms with van der Waals surface area (Å²) in [5, 5.41) is 5.59. The van der Waals surface area contributed by atoms with Crippen LogP contribution in [-0.4, -0.2) is 18.5 Å². The fourth-order valence-electron chi connectivity index (χ4n) is 2.46. The van der Waals surface area contributed by atoms with E-state index in [1.807, 2.05) is 43.3 Å². The monoisotopic (exact) mass is 339 g/mol. The molecule has 0 spiro atoms. The zero-order valence-electron chi connectivity index (χ0n) is 13.5. The number of nitrogens with one attached hydrogen (secondary N) is 1. The normalized spacial score (nSPS) is 10.6. The standard InChI is InChI=1S/C19H17NO3S/c1-3-23-19(22)17-12(2)10-16(24-17)20-18(21)15-9-8-13-6-4-5-7-14(13)11-15/h4-11H,3H2,1-2H3,(H,20,21). The Labute approximate surface area is 144 Å². The minimum Gasteiger partial charge on any atom is -0.462 e. The first-order chi connectivity index (χ1) is 11.6. The number of rotatable bonds is 4. The average Bonchev–Trinajstić information content (AvgIpc) is 2.95. The lowest BCUT2D eigenvalue weighted by Crippen LogP contribution is -2.10. The summed E-state index contributed by atoms with van der Waals surface area (Å²) in [6.45, 7) is 3.92. The van der Waals surface area contributed by atoms with Gasteiger partial charge in [-0.25, -0.2) is 4.79 Å². The molecule has 3 rings (SSSR count). The quantitative estimate of drug-likeness (QED) is 0.705. The van der Waals surface area contributed by atoms with Gasteiger partial charge in [-0.3, -0.25) is 4.79 Å². The van der Waals surface area contributed by atoms with Gasteiger partial charge in [0.25, 0.3) is 5.91 Å². The molecule has 1 heterocycles. The van der Waals surface area contributed by atoms with Crippen LogP contribution in [0.4, 0.5) is 5.00 Å². The molecule has 1 N–H and O–H groups in total. The van der Waals surface area contributed by atoms with Crippen LogP contribution in [0.15, 0.2) is 48.5 Å². The van der Waals surface area contributed by atoms with Crippen molar-refractivity contribution >= 4 is 39.0 Å². The lowest BCUT2D eigenvalue weighted by molar-refractivity contribution is 0.0531. The van der Waals surface area contributed by atoms with Crippen LogP contribution in [0.2, 0.25) is 0 Å². The van der Waals surface area contributed by atoms with Gasteiger partial charge in [-0.1, -0.05) is 30.3 Å². The molecule has 0 radical (unpaired) electrons. The number of ether oxygens (including phenoxy) is 1. The number of anilines is 1. The molecule has 5 heteroatoms. The lowest BCUT2D eigenvalue weighted by Gasteiger charge is -2.04. The number of fused-ring (bicyclic) bond motifs is 1. The van der Waals surface area contributed by atoms with E-state index in [1.165, 1.54) is 11.3 Å². The zero-order chi connectivity index (χ0) is 17.1. The topological polar surface area (TPSA) is 55.4 Å². The van der Waals surface area contributed by atoms with E-state index in [0.29, 0.717) is 22.0 Å². The number of hydrogen-bond donors (Lipinski definition) is 1. The van der Waals surface area contributed by atoms with Gasteiger partial charge in [0.05, 0.1) is 11.6 Å². The number of aryl methyl sites for hydroxylation is 1. The highest BCUT2D eigenvalue weighted by Gasteiger charge is 2.16. The fraction of sp³-hybridized carbons (Fsp3) is 0.158. The summed E-state index contributed by atoms with van der Waals surface area (Å²) in [5.74, 6) is -0.552. The Morgan fingerprint density at radius 2 is 1.83 bits per heavy atom. The largest absolute Gasteiger partial charge is 0.462 e. The Hall–Kier alpha value is -2.66. The first-order valence-electron chi connectivity index (χ1n) is 7.66. The number of thiophene rings is 1. The number of benzene rings is 2. The summed E-state index contributed by atoms with van der Waals surface area (Å²) in [6.07, 6.45) is 0. The van der Waals surface area contributed by atoms with Gasteiger partial charge in [0, 0.05) is 5.56 Å². The molecule has 0 atom stereocenters. The van der Waals surface area contributed by atoms with E-state index < -0.39 is 0 Å². The molecule has 4 nitrogen and oxygen atoms in total. The highest BCUT2D eigenvalue weighted by atomic mass is 32.1. The molecular formula is C19H17NO3S. The van der Waals surface area contributed by atoms with Gasteiger partial charge in [-0.15, -0.1) is 11.3 Å². The van der Waals surface area contributed by atoms with Crippen LogP contribution >= 0.6 is 11.3 Å². The summed E-state index contributed by atoms with van der Waals surface area (Å²) in [4.78, 5) is 24.8. The Morgan fingerprint density at radius 1 is 1.08 bits per heavy atom. The minimum atomic E-state index is -0.355. The molecule has 0 saturated heterocycles. The molecule has 1 amide bonds. The van der Waals surface area contributed by atoms with Crippen molar-refractivity contribution in [1.29, 1.82) is 0 Å². The summed E-state index contributed by atoms with van der Waals surface area (Å²) in [5.41, 5.74) is 1.38. The van der Waals surface area contributed by atoms with Crippen molar-refractivity contribution in [2.75, 3.05) is 11.9 Å². The molecule has 2 aromatic carbocycles. The van der Waals surface area contributed by atoms with Gasteiger partial charge in [0.2, 0.25) is 0 Å². The number of hydrogen-bond acceptors (Lipinski definition) is 4. The van der Waals surface area contributed by atoms with E-state index in [-0.39, 0.29) is 11.9 Å². The predicted octanol–water partition coefficient (Wildman–Crippen LogP) is 4.64. The Morgan fingerprint density at radius 3 is 2.58 bits per heavy atom. The molecule has 0 aliphatic carbocycles. The third-order valence-corrected chi connectivity index (χ3v) is 4.76. The molecule has 1 aromatic heterocycles. The van der Waals surface area contributed by atoms with Gasteiger partial charge in [0.15, 0.2) is 0 Å². The summed E-state index contributed by atoms with van der Waals surface area (Å²) < 4.78 is 5.02. The van der Waals surface area contributed by atoms with Crippen molar-refractivity contribution in [3.8, 4) is 0 Å². The summed E-state index contributed by atoms with van der Waals surface area (Å²) in [7, 11) is 0. The molecule has 0 saturated carbocycles. The molecule has 24 heavy (non-hydrogen) atoms. The second-order valence-electron chi connectivity index (χ2n) is 5.36. The first kappa shape index (κ1) is 16.2. The minimum absolute atomic E-state index is 0.197. The molecule has 0 fully saturated rings. The van der Waals surface area contributed by atoms with E-state index in [2.05, 4.69) is 5.32 Å².